The number of aromatic amines is 1. The Morgan fingerprint density at radius 2 is 2.00 bits per heavy atom. The van der Waals surface area contributed by atoms with Crippen LogP contribution in [0.3, 0.4) is 0 Å². The molecule has 0 spiro atoms. The van der Waals surface area contributed by atoms with Gasteiger partial charge < -0.3 is 4.42 Å². The van der Waals surface area contributed by atoms with Crippen molar-refractivity contribution in [3.05, 3.63) is 35.0 Å². The lowest BCUT2D eigenvalue weighted by Gasteiger charge is -2.12. The number of rotatable bonds is 4. The highest BCUT2D eigenvalue weighted by Gasteiger charge is 2.25. The molecule has 0 aliphatic carbocycles. The molecule has 104 valence electrons. The minimum Gasteiger partial charge on any atom is -0.465 e. The molecular formula is C12H17N3O3S. The molecule has 1 unspecified atom stereocenters. The summed E-state index contributed by atoms with van der Waals surface area (Å²) in [7, 11) is -3.62. The van der Waals surface area contributed by atoms with Gasteiger partial charge in [0.1, 0.15) is 16.4 Å². The number of H-pyrrole nitrogens is 1. The summed E-state index contributed by atoms with van der Waals surface area (Å²) in [6.45, 7) is 6.88. The summed E-state index contributed by atoms with van der Waals surface area (Å²) in [6.07, 6.45) is 0. The standard InChI is InChI=1S/C12H17N3O3S/c1-7-5-6-11(18-7)8(2)15-19(16,17)12-9(3)13-14-10(12)4/h5-6,8,15H,1-4H3,(H,13,14). The van der Waals surface area contributed by atoms with Gasteiger partial charge in [-0.15, -0.1) is 0 Å². The first-order valence-electron chi connectivity index (χ1n) is 5.91. The first kappa shape index (κ1) is 13.8. The van der Waals surface area contributed by atoms with Crippen molar-refractivity contribution >= 4 is 10.0 Å². The third kappa shape index (κ3) is 2.71. The normalized spacial score (nSPS) is 13.7. The number of hydrogen-bond donors (Lipinski definition) is 2. The summed E-state index contributed by atoms with van der Waals surface area (Å²) in [5.41, 5.74) is 0.973. The SMILES string of the molecule is Cc1ccc(C(C)NS(=O)(=O)c2c(C)n[nH]c2C)o1. The Morgan fingerprint density at radius 3 is 2.47 bits per heavy atom. The lowest BCUT2D eigenvalue weighted by Crippen LogP contribution is -2.27. The van der Waals surface area contributed by atoms with E-state index in [9.17, 15) is 8.42 Å². The second kappa shape index (κ2) is 4.82. The van der Waals surface area contributed by atoms with Gasteiger partial charge in [-0.2, -0.15) is 5.10 Å². The highest BCUT2D eigenvalue weighted by molar-refractivity contribution is 7.89. The first-order chi connectivity index (χ1) is 8.81. The van der Waals surface area contributed by atoms with Crippen LogP contribution in [0.25, 0.3) is 0 Å². The number of nitrogens with zero attached hydrogens (tertiary/aromatic N) is 1. The van der Waals surface area contributed by atoms with Gasteiger partial charge in [0.25, 0.3) is 0 Å². The predicted molar refractivity (Wildman–Crippen MR) is 70.2 cm³/mol. The van der Waals surface area contributed by atoms with Crippen LogP contribution >= 0.6 is 0 Å². The Balaban J connectivity index is 2.27. The van der Waals surface area contributed by atoms with Crippen molar-refractivity contribution in [1.29, 1.82) is 0 Å². The number of aromatic nitrogens is 2. The number of nitrogens with one attached hydrogen (secondary N) is 2. The fraction of sp³-hybridized carbons (Fsp3) is 0.417. The molecular weight excluding hydrogens is 266 g/mol. The van der Waals surface area contributed by atoms with E-state index in [-0.39, 0.29) is 4.90 Å². The predicted octanol–water partition coefficient (Wildman–Crippen LogP) is 1.97. The van der Waals surface area contributed by atoms with Crippen LogP contribution in [0.4, 0.5) is 0 Å². The van der Waals surface area contributed by atoms with Gasteiger partial charge >= 0.3 is 0 Å². The van der Waals surface area contributed by atoms with Crippen molar-refractivity contribution < 1.29 is 12.8 Å². The van der Waals surface area contributed by atoms with Crippen molar-refractivity contribution in [3.8, 4) is 0 Å². The Labute approximate surface area is 112 Å². The summed E-state index contributed by atoms with van der Waals surface area (Å²) >= 11 is 0. The quantitative estimate of drug-likeness (QED) is 0.898. The Hall–Kier alpha value is -1.60. The van der Waals surface area contributed by atoms with Gasteiger partial charge in [0.2, 0.25) is 10.0 Å². The fourth-order valence-corrected chi connectivity index (χ4v) is 3.56. The lowest BCUT2D eigenvalue weighted by molar-refractivity contribution is 0.441. The van der Waals surface area contributed by atoms with E-state index in [4.69, 9.17) is 4.42 Å². The van der Waals surface area contributed by atoms with Crippen molar-refractivity contribution in [2.75, 3.05) is 0 Å². The van der Waals surface area contributed by atoms with Crippen molar-refractivity contribution in [1.82, 2.24) is 14.9 Å². The van der Waals surface area contributed by atoms with Gasteiger partial charge in [-0.1, -0.05) is 0 Å². The maximum Gasteiger partial charge on any atom is 0.244 e. The minimum absolute atomic E-state index is 0.197. The maximum atomic E-state index is 12.3. The van der Waals surface area contributed by atoms with Crippen LogP contribution in [-0.4, -0.2) is 18.6 Å². The monoisotopic (exact) mass is 283 g/mol. The van der Waals surface area contributed by atoms with E-state index in [2.05, 4.69) is 14.9 Å². The van der Waals surface area contributed by atoms with Gasteiger partial charge in [0.05, 0.1) is 17.4 Å². The molecule has 0 fully saturated rings. The van der Waals surface area contributed by atoms with E-state index >= 15 is 0 Å². The molecule has 0 aliphatic rings. The molecule has 0 aliphatic heterocycles. The molecule has 19 heavy (non-hydrogen) atoms. The van der Waals surface area contributed by atoms with Crippen LogP contribution in [0.2, 0.25) is 0 Å². The van der Waals surface area contributed by atoms with Crippen molar-refractivity contribution in [2.45, 2.75) is 38.6 Å². The second-order valence-corrected chi connectivity index (χ2v) is 6.21. The second-order valence-electron chi connectivity index (χ2n) is 4.55. The van der Waals surface area contributed by atoms with E-state index in [0.717, 1.165) is 5.76 Å². The summed E-state index contributed by atoms with van der Waals surface area (Å²) in [5.74, 6) is 1.33. The van der Waals surface area contributed by atoms with Crippen LogP contribution in [-0.2, 0) is 10.0 Å². The number of hydrogen-bond acceptors (Lipinski definition) is 4. The molecule has 2 heterocycles. The van der Waals surface area contributed by atoms with E-state index in [1.54, 1.807) is 32.9 Å². The van der Waals surface area contributed by atoms with E-state index in [0.29, 0.717) is 17.1 Å². The van der Waals surface area contributed by atoms with E-state index in [1.165, 1.54) is 0 Å². The van der Waals surface area contributed by atoms with Crippen LogP contribution in [0.1, 0.15) is 35.9 Å². The topological polar surface area (TPSA) is 88.0 Å². The van der Waals surface area contributed by atoms with Gasteiger partial charge in [-0.05, 0) is 39.8 Å². The Bertz CT molecular complexity index is 665. The summed E-state index contributed by atoms with van der Waals surface area (Å²) in [6, 6.07) is 3.12. The molecule has 0 amide bonds. The highest BCUT2D eigenvalue weighted by Crippen LogP contribution is 2.21. The largest absolute Gasteiger partial charge is 0.465 e. The molecule has 2 aromatic rings. The van der Waals surface area contributed by atoms with Crippen LogP contribution < -0.4 is 4.72 Å². The van der Waals surface area contributed by atoms with Crippen LogP contribution in [0, 0.1) is 20.8 Å². The number of furan rings is 1. The Morgan fingerprint density at radius 1 is 1.32 bits per heavy atom. The average Bonchev–Trinajstić information content (AvgIpc) is 2.85. The lowest BCUT2D eigenvalue weighted by atomic mass is 10.3. The van der Waals surface area contributed by atoms with Crippen molar-refractivity contribution in [3.63, 3.8) is 0 Å². The third-order valence-electron chi connectivity index (χ3n) is 2.85. The zero-order chi connectivity index (χ0) is 14.2. The number of aryl methyl sites for hydroxylation is 3. The first-order valence-corrected chi connectivity index (χ1v) is 7.40. The van der Waals surface area contributed by atoms with Crippen LogP contribution in [0.15, 0.2) is 21.4 Å². The molecule has 0 bridgehead atoms. The molecule has 1 atom stereocenters. The zero-order valence-corrected chi connectivity index (χ0v) is 12.1. The molecule has 2 N–H and O–H groups in total. The average molecular weight is 283 g/mol. The van der Waals surface area contributed by atoms with Gasteiger partial charge in [-0.25, -0.2) is 13.1 Å². The molecule has 7 heteroatoms. The molecule has 0 saturated heterocycles. The van der Waals surface area contributed by atoms with Gasteiger partial charge in [0.15, 0.2) is 0 Å². The fourth-order valence-electron chi connectivity index (χ4n) is 1.97. The third-order valence-corrected chi connectivity index (χ3v) is 4.65. The summed E-state index contributed by atoms with van der Waals surface area (Å²) in [4.78, 5) is 0.197. The maximum absolute atomic E-state index is 12.3. The summed E-state index contributed by atoms with van der Waals surface area (Å²) < 4.78 is 32.6. The van der Waals surface area contributed by atoms with Gasteiger partial charge in [-0.3, -0.25) is 5.10 Å². The smallest absolute Gasteiger partial charge is 0.244 e. The number of sulfonamides is 1. The van der Waals surface area contributed by atoms with E-state index in [1.807, 2.05) is 6.92 Å². The van der Waals surface area contributed by atoms with Crippen molar-refractivity contribution in [2.24, 2.45) is 0 Å². The molecule has 2 rings (SSSR count). The molecule has 0 saturated carbocycles. The highest BCUT2D eigenvalue weighted by atomic mass is 32.2. The zero-order valence-electron chi connectivity index (χ0n) is 11.3. The molecule has 6 nitrogen and oxygen atoms in total. The minimum atomic E-state index is -3.62. The van der Waals surface area contributed by atoms with Crippen LogP contribution in [0.5, 0.6) is 0 Å². The summed E-state index contributed by atoms with van der Waals surface area (Å²) in [5, 5.41) is 6.57. The molecule has 0 aromatic carbocycles. The Kier molecular flexibility index (Phi) is 3.51. The van der Waals surface area contributed by atoms with Gasteiger partial charge in [0, 0.05) is 0 Å². The van der Waals surface area contributed by atoms with E-state index < -0.39 is 16.1 Å². The molecule has 2 aromatic heterocycles. The molecule has 0 radical (unpaired) electrons.